The second-order valence-electron chi connectivity index (χ2n) is 6.05. The van der Waals surface area contributed by atoms with Gasteiger partial charge in [0.25, 0.3) is 0 Å². The molecule has 0 radical (unpaired) electrons. The molecule has 3 aromatic rings. The van der Waals surface area contributed by atoms with Crippen LogP contribution in [-0.2, 0) is 0 Å². The number of halogens is 1. The Bertz CT molecular complexity index is 865. The van der Waals surface area contributed by atoms with Crippen LogP contribution in [0.5, 0.6) is 0 Å². The minimum absolute atomic E-state index is 0.153. The van der Waals surface area contributed by atoms with Gasteiger partial charge in [0.1, 0.15) is 17.5 Å². The molecular formula is C20H21ClN4. The monoisotopic (exact) mass is 352 g/mol. The fourth-order valence-corrected chi connectivity index (χ4v) is 2.88. The summed E-state index contributed by atoms with van der Waals surface area (Å²) >= 11 is 6.02. The van der Waals surface area contributed by atoms with E-state index in [-0.39, 0.29) is 6.04 Å². The Morgan fingerprint density at radius 3 is 2.36 bits per heavy atom. The van der Waals surface area contributed by atoms with E-state index in [1.54, 1.807) is 0 Å². The molecule has 2 N–H and O–H groups in total. The lowest BCUT2D eigenvalue weighted by atomic mass is 10.1. The Hall–Kier alpha value is -2.59. The average Bonchev–Trinajstić information content (AvgIpc) is 2.58. The third-order valence-corrected chi connectivity index (χ3v) is 4.19. The van der Waals surface area contributed by atoms with Crippen molar-refractivity contribution in [2.24, 2.45) is 0 Å². The summed E-state index contributed by atoms with van der Waals surface area (Å²) in [5, 5.41) is 7.50. The Labute approximate surface area is 153 Å². The number of hydrogen-bond donors (Lipinski definition) is 2. The highest BCUT2D eigenvalue weighted by Gasteiger charge is 2.09. The summed E-state index contributed by atoms with van der Waals surface area (Å²) in [6.07, 6.45) is 0. The Morgan fingerprint density at radius 2 is 1.64 bits per heavy atom. The van der Waals surface area contributed by atoms with Crippen molar-refractivity contribution in [1.29, 1.82) is 0 Å². The molecule has 0 aliphatic carbocycles. The third kappa shape index (κ3) is 4.48. The van der Waals surface area contributed by atoms with E-state index in [4.69, 9.17) is 11.6 Å². The molecule has 0 amide bonds. The molecule has 5 heteroatoms. The fourth-order valence-electron chi connectivity index (χ4n) is 2.66. The maximum Gasteiger partial charge on any atom is 0.136 e. The minimum atomic E-state index is 0.153. The molecule has 1 atom stereocenters. The van der Waals surface area contributed by atoms with Crippen LogP contribution in [0.1, 0.15) is 29.9 Å². The molecule has 25 heavy (non-hydrogen) atoms. The van der Waals surface area contributed by atoms with Crippen LogP contribution in [0.25, 0.3) is 0 Å². The van der Waals surface area contributed by atoms with E-state index in [2.05, 4.69) is 39.7 Å². The maximum atomic E-state index is 6.02. The lowest BCUT2D eigenvalue weighted by molar-refractivity contribution is 0.867. The van der Waals surface area contributed by atoms with Crippen LogP contribution in [0.2, 0.25) is 5.02 Å². The number of benzene rings is 2. The van der Waals surface area contributed by atoms with E-state index < -0.39 is 0 Å². The number of anilines is 3. The number of aromatic nitrogens is 2. The predicted octanol–water partition coefficient (Wildman–Crippen LogP) is 5.66. The molecule has 128 valence electrons. The molecule has 2 aromatic carbocycles. The van der Waals surface area contributed by atoms with Crippen molar-refractivity contribution in [2.45, 2.75) is 26.8 Å². The molecule has 1 heterocycles. The molecule has 0 fully saturated rings. The van der Waals surface area contributed by atoms with Crippen LogP contribution >= 0.6 is 11.6 Å². The second kappa shape index (κ2) is 7.53. The van der Waals surface area contributed by atoms with Crippen LogP contribution in [0.15, 0.2) is 54.6 Å². The summed E-state index contributed by atoms with van der Waals surface area (Å²) < 4.78 is 0. The first-order valence-corrected chi connectivity index (χ1v) is 8.59. The summed E-state index contributed by atoms with van der Waals surface area (Å²) in [4.78, 5) is 8.97. The summed E-state index contributed by atoms with van der Waals surface area (Å²) in [6.45, 7) is 6.01. The lowest BCUT2D eigenvalue weighted by Crippen LogP contribution is -2.09. The van der Waals surface area contributed by atoms with E-state index >= 15 is 0 Å². The van der Waals surface area contributed by atoms with Crippen LogP contribution in [-0.4, -0.2) is 9.97 Å². The fraction of sp³-hybridized carbons (Fsp3) is 0.200. The summed E-state index contributed by atoms with van der Waals surface area (Å²) in [5.41, 5.74) is 3.25. The Morgan fingerprint density at radius 1 is 0.920 bits per heavy atom. The normalized spacial score (nSPS) is 11.8. The highest BCUT2D eigenvalue weighted by Crippen LogP contribution is 2.25. The molecule has 0 bridgehead atoms. The van der Waals surface area contributed by atoms with Gasteiger partial charge < -0.3 is 10.6 Å². The van der Waals surface area contributed by atoms with E-state index in [0.29, 0.717) is 5.82 Å². The summed E-state index contributed by atoms with van der Waals surface area (Å²) in [6, 6.07) is 18.1. The zero-order valence-electron chi connectivity index (χ0n) is 14.5. The molecule has 0 spiro atoms. The molecule has 4 nitrogen and oxygen atoms in total. The van der Waals surface area contributed by atoms with Crippen molar-refractivity contribution in [3.05, 3.63) is 76.6 Å². The van der Waals surface area contributed by atoms with Crippen molar-refractivity contribution < 1.29 is 0 Å². The second-order valence-corrected chi connectivity index (χ2v) is 6.48. The first kappa shape index (κ1) is 17.2. The maximum absolute atomic E-state index is 6.02. The van der Waals surface area contributed by atoms with E-state index in [1.807, 2.05) is 56.3 Å². The van der Waals surface area contributed by atoms with Gasteiger partial charge in [-0.2, -0.15) is 0 Å². The van der Waals surface area contributed by atoms with E-state index in [9.17, 15) is 0 Å². The lowest BCUT2D eigenvalue weighted by Gasteiger charge is -2.16. The standard InChI is InChI=1S/C20H21ClN4/c1-13-11-17(21)9-10-18(13)25-20-12-19(23-15(3)24-20)22-14(2)16-7-5-4-6-8-16/h4-12,14H,1-3H3,(H2,22,23,24,25). The van der Waals surface area contributed by atoms with Crippen molar-refractivity contribution >= 4 is 28.9 Å². The Balaban J connectivity index is 1.80. The molecule has 0 saturated carbocycles. The molecular weight excluding hydrogens is 332 g/mol. The van der Waals surface area contributed by atoms with E-state index in [1.165, 1.54) is 5.56 Å². The van der Waals surface area contributed by atoms with Crippen molar-refractivity contribution in [3.63, 3.8) is 0 Å². The zero-order valence-corrected chi connectivity index (χ0v) is 15.3. The van der Waals surface area contributed by atoms with Gasteiger partial charge in [-0.25, -0.2) is 9.97 Å². The molecule has 3 rings (SSSR count). The van der Waals surface area contributed by atoms with Gasteiger partial charge in [-0.3, -0.25) is 0 Å². The van der Waals surface area contributed by atoms with Gasteiger partial charge in [0.05, 0.1) is 0 Å². The van der Waals surface area contributed by atoms with Gasteiger partial charge in [-0.1, -0.05) is 41.9 Å². The van der Waals surface area contributed by atoms with Crippen molar-refractivity contribution in [2.75, 3.05) is 10.6 Å². The largest absolute Gasteiger partial charge is 0.363 e. The first-order chi connectivity index (χ1) is 12.0. The topological polar surface area (TPSA) is 49.8 Å². The first-order valence-electron chi connectivity index (χ1n) is 8.21. The highest BCUT2D eigenvalue weighted by molar-refractivity contribution is 6.30. The van der Waals surface area contributed by atoms with Crippen LogP contribution in [0.4, 0.5) is 17.3 Å². The number of nitrogens with one attached hydrogen (secondary N) is 2. The average molecular weight is 353 g/mol. The van der Waals surface area contributed by atoms with E-state index in [0.717, 1.165) is 27.9 Å². The number of hydrogen-bond acceptors (Lipinski definition) is 4. The van der Waals surface area contributed by atoms with Gasteiger partial charge in [0, 0.05) is 22.8 Å². The number of aryl methyl sites for hydroxylation is 2. The smallest absolute Gasteiger partial charge is 0.136 e. The summed E-state index contributed by atoms with van der Waals surface area (Å²) in [7, 11) is 0. The van der Waals surface area contributed by atoms with Crippen molar-refractivity contribution in [1.82, 2.24) is 9.97 Å². The van der Waals surface area contributed by atoms with Gasteiger partial charge in [-0.05, 0) is 50.1 Å². The van der Waals surface area contributed by atoms with Crippen LogP contribution < -0.4 is 10.6 Å². The SMILES string of the molecule is Cc1nc(Nc2ccc(Cl)cc2C)cc(NC(C)c2ccccc2)n1. The number of rotatable bonds is 5. The van der Waals surface area contributed by atoms with Gasteiger partial charge >= 0.3 is 0 Å². The minimum Gasteiger partial charge on any atom is -0.363 e. The van der Waals surface area contributed by atoms with Gasteiger partial charge in [-0.15, -0.1) is 0 Å². The van der Waals surface area contributed by atoms with Gasteiger partial charge in [0.15, 0.2) is 0 Å². The van der Waals surface area contributed by atoms with Gasteiger partial charge in [0.2, 0.25) is 0 Å². The zero-order chi connectivity index (χ0) is 17.8. The third-order valence-electron chi connectivity index (χ3n) is 3.95. The summed E-state index contributed by atoms with van der Waals surface area (Å²) in [5.74, 6) is 2.25. The van der Waals surface area contributed by atoms with Crippen molar-refractivity contribution in [3.8, 4) is 0 Å². The Kier molecular flexibility index (Phi) is 5.19. The highest BCUT2D eigenvalue weighted by atomic mass is 35.5. The molecule has 1 aromatic heterocycles. The quantitative estimate of drug-likeness (QED) is 0.621. The molecule has 1 unspecified atom stereocenters. The number of nitrogens with zero attached hydrogens (tertiary/aromatic N) is 2. The predicted molar refractivity (Wildman–Crippen MR) is 105 cm³/mol. The molecule has 0 aliphatic rings. The van der Waals surface area contributed by atoms with Crippen LogP contribution in [0.3, 0.4) is 0 Å². The molecule has 0 saturated heterocycles. The van der Waals surface area contributed by atoms with Crippen LogP contribution in [0, 0.1) is 13.8 Å². The molecule has 0 aliphatic heterocycles.